The molecule has 236 valence electrons. The summed E-state index contributed by atoms with van der Waals surface area (Å²) in [4.78, 5) is 30.0. The van der Waals surface area contributed by atoms with E-state index in [1.807, 2.05) is 88.4 Å². The zero-order valence-corrected chi connectivity index (χ0v) is 28.6. The Morgan fingerprint density at radius 1 is 0.844 bits per heavy atom. The monoisotopic (exact) mass is 689 g/mol. The van der Waals surface area contributed by atoms with Crippen LogP contribution in [0.25, 0.3) is 0 Å². The second-order valence-electron chi connectivity index (χ2n) is 11.2. The summed E-state index contributed by atoms with van der Waals surface area (Å²) in [6, 6.07) is 28.2. The maximum Gasteiger partial charge on any atom is 0.264 e. The number of carbonyl (C=O) groups excluding carboxylic acids is 2. The molecule has 4 aromatic carbocycles. The fourth-order valence-electron chi connectivity index (χ4n) is 5.11. The number of hydrogen-bond donors (Lipinski definition) is 1. The fraction of sp³-hybridized carbons (Fsp3) is 0.278. The molecule has 2 amide bonds. The molecule has 0 aliphatic carbocycles. The second kappa shape index (κ2) is 15.4. The number of hydrogen-bond acceptors (Lipinski definition) is 4. The Kier molecular flexibility index (Phi) is 11.6. The van der Waals surface area contributed by atoms with E-state index in [1.165, 1.54) is 9.21 Å². The van der Waals surface area contributed by atoms with Crippen molar-refractivity contribution in [3.05, 3.63) is 129 Å². The highest BCUT2D eigenvalue weighted by atomic mass is 79.9. The highest BCUT2D eigenvalue weighted by molar-refractivity contribution is 9.10. The van der Waals surface area contributed by atoms with Crippen molar-refractivity contribution in [2.24, 2.45) is 0 Å². The van der Waals surface area contributed by atoms with Crippen LogP contribution in [0.1, 0.15) is 41.2 Å². The van der Waals surface area contributed by atoms with E-state index in [4.69, 9.17) is 0 Å². The minimum atomic E-state index is -4.16. The number of amides is 2. The van der Waals surface area contributed by atoms with Gasteiger partial charge in [0.05, 0.1) is 10.6 Å². The molecule has 0 saturated heterocycles. The number of halogens is 1. The van der Waals surface area contributed by atoms with E-state index in [-0.39, 0.29) is 23.8 Å². The molecular weight excluding hydrogens is 650 g/mol. The average molecular weight is 691 g/mol. The predicted molar refractivity (Wildman–Crippen MR) is 184 cm³/mol. The van der Waals surface area contributed by atoms with Gasteiger partial charge in [-0.1, -0.05) is 95.1 Å². The first-order valence-corrected chi connectivity index (χ1v) is 17.3. The predicted octanol–water partition coefficient (Wildman–Crippen LogP) is 6.74. The van der Waals surface area contributed by atoms with Crippen molar-refractivity contribution < 1.29 is 18.0 Å². The lowest BCUT2D eigenvalue weighted by atomic mass is 10.0. The molecule has 0 heterocycles. The number of nitrogens with zero attached hydrogens (tertiary/aromatic N) is 2. The van der Waals surface area contributed by atoms with Crippen molar-refractivity contribution >= 4 is 43.5 Å². The third-order valence-corrected chi connectivity index (χ3v) is 10.1. The zero-order chi connectivity index (χ0) is 32.6. The minimum Gasteiger partial charge on any atom is -0.354 e. The Morgan fingerprint density at radius 2 is 1.51 bits per heavy atom. The van der Waals surface area contributed by atoms with Crippen LogP contribution < -0.4 is 9.62 Å². The van der Waals surface area contributed by atoms with Crippen LogP contribution in [0.3, 0.4) is 0 Å². The lowest BCUT2D eigenvalue weighted by Crippen LogP contribution is -2.53. The Balaban J connectivity index is 1.83. The second-order valence-corrected chi connectivity index (χ2v) is 14.0. The molecule has 0 spiro atoms. The molecule has 45 heavy (non-hydrogen) atoms. The van der Waals surface area contributed by atoms with Gasteiger partial charge in [-0.2, -0.15) is 0 Å². The topological polar surface area (TPSA) is 86.8 Å². The van der Waals surface area contributed by atoms with Crippen LogP contribution in [0.5, 0.6) is 0 Å². The summed E-state index contributed by atoms with van der Waals surface area (Å²) < 4.78 is 30.6. The zero-order valence-electron chi connectivity index (χ0n) is 26.2. The summed E-state index contributed by atoms with van der Waals surface area (Å²) in [5.74, 6) is -0.775. The van der Waals surface area contributed by atoms with E-state index >= 15 is 0 Å². The summed E-state index contributed by atoms with van der Waals surface area (Å²) in [5.41, 5.74) is 4.68. The van der Waals surface area contributed by atoms with Crippen LogP contribution >= 0.6 is 15.9 Å². The normalized spacial score (nSPS) is 11.9. The van der Waals surface area contributed by atoms with Crippen LogP contribution in [0.2, 0.25) is 0 Å². The Bertz CT molecular complexity index is 1730. The first-order chi connectivity index (χ1) is 21.5. The molecular formula is C36H40BrN3O4S. The van der Waals surface area contributed by atoms with Gasteiger partial charge < -0.3 is 10.2 Å². The molecule has 4 aromatic rings. The van der Waals surface area contributed by atoms with Crippen molar-refractivity contribution in [2.75, 3.05) is 17.4 Å². The molecule has 0 bridgehead atoms. The molecule has 7 nitrogen and oxygen atoms in total. The SMILES string of the molecule is CCCNC(=O)[C@H](Cc1ccccc1)N(Cc1cccc(Br)c1)C(=O)CN(c1cccc(C)c1C)S(=O)(=O)c1ccc(C)cc1. The van der Waals surface area contributed by atoms with Gasteiger partial charge in [-0.3, -0.25) is 13.9 Å². The summed E-state index contributed by atoms with van der Waals surface area (Å²) in [5, 5.41) is 2.97. The standard InChI is InChI=1S/C36H40BrN3O4S/c1-5-21-38-36(42)34(23-29-12-7-6-8-13-29)39(24-30-14-10-15-31(37)22-30)35(41)25-40(33-16-9-11-27(3)28(33)4)45(43,44)32-19-17-26(2)18-20-32/h6-20,22,34H,5,21,23-25H2,1-4H3,(H,38,42)/t34-/m0/s1. The maximum atomic E-state index is 14.6. The molecule has 4 rings (SSSR count). The molecule has 0 aromatic heterocycles. The summed E-state index contributed by atoms with van der Waals surface area (Å²) in [6.07, 6.45) is 1.00. The molecule has 0 radical (unpaired) electrons. The van der Waals surface area contributed by atoms with Crippen LogP contribution in [-0.2, 0) is 32.6 Å². The number of benzene rings is 4. The van der Waals surface area contributed by atoms with E-state index in [0.29, 0.717) is 12.2 Å². The number of anilines is 1. The number of nitrogens with one attached hydrogen (secondary N) is 1. The highest BCUT2D eigenvalue weighted by Gasteiger charge is 2.35. The Morgan fingerprint density at radius 3 is 2.18 bits per heavy atom. The summed E-state index contributed by atoms with van der Waals surface area (Å²) >= 11 is 3.52. The van der Waals surface area contributed by atoms with Gasteiger partial charge in [-0.05, 0) is 79.8 Å². The van der Waals surface area contributed by atoms with Gasteiger partial charge in [-0.15, -0.1) is 0 Å². The summed E-state index contributed by atoms with van der Waals surface area (Å²) in [7, 11) is -4.16. The number of rotatable bonds is 13. The van der Waals surface area contributed by atoms with Crippen molar-refractivity contribution in [1.82, 2.24) is 10.2 Å². The summed E-state index contributed by atoms with van der Waals surface area (Å²) in [6.45, 7) is 7.70. The molecule has 0 fully saturated rings. The van der Waals surface area contributed by atoms with Crippen LogP contribution in [0.4, 0.5) is 5.69 Å². The number of sulfonamides is 1. The molecule has 0 saturated carbocycles. The van der Waals surface area contributed by atoms with E-state index in [1.54, 1.807) is 36.4 Å². The van der Waals surface area contributed by atoms with E-state index < -0.39 is 28.5 Å². The van der Waals surface area contributed by atoms with Crippen LogP contribution in [-0.4, -0.2) is 44.3 Å². The van der Waals surface area contributed by atoms with E-state index in [2.05, 4.69) is 21.2 Å². The molecule has 1 N–H and O–H groups in total. The van der Waals surface area contributed by atoms with Gasteiger partial charge in [0.1, 0.15) is 12.6 Å². The number of carbonyl (C=O) groups is 2. The average Bonchev–Trinajstić information content (AvgIpc) is 3.02. The van der Waals surface area contributed by atoms with Gasteiger partial charge >= 0.3 is 0 Å². The first kappa shape index (κ1) is 33.9. The van der Waals surface area contributed by atoms with Crippen molar-refractivity contribution in [3.63, 3.8) is 0 Å². The quantitative estimate of drug-likeness (QED) is 0.169. The van der Waals surface area contributed by atoms with Crippen LogP contribution in [0, 0.1) is 20.8 Å². The fourth-order valence-corrected chi connectivity index (χ4v) is 7.03. The molecule has 0 unspecified atom stereocenters. The van der Waals surface area contributed by atoms with Crippen molar-refractivity contribution in [3.8, 4) is 0 Å². The minimum absolute atomic E-state index is 0.0851. The highest BCUT2D eigenvalue weighted by Crippen LogP contribution is 2.29. The number of aryl methyl sites for hydroxylation is 2. The molecule has 1 atom stereocenters. The smallest absolute Gasteiger partial charge is 0.264 e. The molecule has 9 heteroatoms. The van der Waals surface area contributed by atoms with Gasteiger partial charge in [0.15, 0.2) is 0 Å². The maximum absolute atomic E-state index is 14.6. The van der Waals surface area contributed by atoms with E-state index in [0.717, 1.165) is 38.7 Å². The third-order valence-electron chi connectivity index (χ3n) is 7.79. The van der Waals surface area contributed by atoms with Gasteiger partial charge in [0.2, 0.25) is 11.8 Å². The lowest BCUT2D eigenvalue weighted by Gasteiger charge is -2.34. The molecule has 0 aliphatic rings. The van der Waals surface area contributed by atoms with Gasteiger partial charge in [0, 0.05) is 24.0 Å². The lowest BCUT2D eigenvalue weighted by molar-refractivity contribution is -0.140. The largest absolute Gasteiger partial charge is 0.354 e. The van der Waals surface area contributed by atoms with E-state index in [9.17, 15) is 18.0 Å². The Labute approximate surface area is 275 Å². The third kappa shape index (κ3) is 8.61. The van der Waals surface area contributed by atoms with Crippen molar-refractivity contribution in [2.45, 2.75) is 58.0 Å². The molecule has 0 aliphatic heterocycles. The van der Waals surface area contributed by atoms with Gasteiger partial charge in [-0.25, -0.2) is 8.42 Å². The van der Waals surface area contributed by atoms with Gasteiger partial charge in [0.25, 0.3) is 10.0 Å². The van der Waals surface area contributed by atoms with Crippen molar-refractivity contribution in [1.29, 1.82) is 0 Å². The first-order valence-electron chi connectivity index (χ1n) is 15.0. The Hall–Kier alpha value is -3.95. The van der Waals surface area contributed by atoms with Crippen LogP contribution in [0.15, 0.2) is 106 Å².